The van der Waals surface area contributed by atoms with Gasteiger partial charge in [-0.2, -0.15) is 9.84 Å². The molecule has 6 nitrogen and oxygen atoms in total. The van der Waals surface area contributed by atoms with Crippen LogP contribution >= 0.6 is 0 Å². The molecule has 0 radical (unpaired) electrons. The van der Waals surface area contributed by atoms with Gasteiger partial charge in [0.05, 0.1) is 23.7 Å². The Morgan fingerprint density at radius 3 is 2.47 bits per heavy atom. The number of nitriles is 1. The summed E-state index contributed by atoms with van der Waals surface area (Å²) >= 11 is 0. The highest BCUT2D eigenvalue weighted by Crippen LogP contribution is 2.47. The molecule has 3 aromatic carbocycles. The third-order valence-corrected chi connectivity index (χ3v) is 9.34. The van der Waals surface area contributed by atoms with Crippen LogP contribution in [0.15, 0.2) is 102 Å². The first-order chi connectivity index (χ1) is 21.5. The molecule has 0 aliphatic carbocycles. The van der Waals surface area contributed by atoms with Gasteiger partial charge < -0.3 is 15.1 Å². The number of hydrogen-bond acceptors (Lipinski definition) is 4. The normalized spacial score (nSPS) is 19.7. The molecular weight excluding hydrogens is 558 g/mol. The summed E-state index contributed by atoms with van der Waals surface area (Å²) in [6, 6.07) is 25.3. The molecule has 0 spiro atoms. The van der Waals surface area contributed by atoms with Gasteiger partial charge in [0.2, 0.25) is 5.69 Å². The Labute approximate surface area is 266 Å². The van der Waals surface area contributed by atoms with Crippen LogP contribution in [-0.2, 0) is 22.0 Å². The quantitative estimate of drug-likeness (QED) is 0.148. The number of para-hydroxylation sites is 1. The van der Waals surface area contributed by atoms with Crippen molar-refractivity contribution >= 4 is 23.1 Å². The SMILES string of the molecule is Cc1ccc2c(c1)C(C)(Cc1ccccc1C)C(/C=C/C(C#N)=C/C=C1/N(CCO)c3ccccc3C1(C)C)=[N+]2CCC(=O)O. The molecule has 6 heteroatoms. The van der Waals surface area contributed by atoms with Crippen LogP contribution in [0.3, 0.4) is 0 Å². The number of nitrogens with zero attached hydrogens (tertiary/aromatic N) is 3. The Bertz CT molecular complexity index is 1800. The second-order valence-corrected chi connectivity index (χ2v) is 12.8. The fourth-order valence-electron chi connectivity index (χ4n) is 6.94. The van der Waals surface area contributed by atoms with Gasteiger partial charge in [-0.15, -0.1) is 0 Å². The van der Waals surface area contributed by atoms with Gasteiger partial charge in [0.1, 0.15) is 6.42 Å². The standard InChI is InChI=1S/C39H41N3O3/c1-27-14-17-34-32(24-27)39(5,25-30-11-7-6-10-28(30)2)36(41(34)21-20-37(44)45)19-16-29(26-40)15-18-35-38(3,4)31-12-8-9-13-33(31)42(35)22-23-43/h6-19,24,43H,20-23,25H2,1-5H3/p+1. The number of carboxylic acid groups (broad SMARTS) is 1. The number of allylic oxidation sites excluding steroid dienone is 6. The number of carbonyl (C=O) groups is 1. The number of fused-ring (bicyclic) bond motifs is 2. The smallest absolute Gasteiger partial charge is 0.309 e. The van der Waals surface area contributed by atoms with E-state index >= 15 is 0 Å². The number of rotatable bonds is 10. The summed E-state index contributed by atoms with van der Waals surface area (Å²) in [5.41, 5.74) is 9.71. The van der Waals surface area contributed by atoms with E-state index in [4.69, 9.17) is 0 Å². The summed E-state index contributed by atoms with van der Waals surface area (Å²) in [5.74, 6) is -0.851. The lowest BCUT2D eigenvalue weighted by Crippen LogP contribution is -2.34. The molecule has 0 fully saturated rings. The van der Waals surface area contributed by atoms with Crippen LogP contribution in [0, 0.1) is 25.2 Å². The highest BCUT2D eigenvalue weighted by molar-refractivity contribution is 6.04. The average molecular weight is 601 g/mol. The number of aliphatic hydroxyl groups is 1. The number of β-amino-alcohol motifs (C(OH)–C–C–N with tert-alkyl or cyclic N) is 1. The van der Waals surface area contributed by atoms with Crippen molar-refractivity contribution in [3.8, 4) is 6.07 Å². The fourth-order valence-corrected chi connectivity index (χ4v) is 6.94. The first-order valence-electron chi connectivity index (χ1n) is 15.5. The molecule has 1 unspecified atom stereocenters. The van der Waals surface area contributed by atoms with Crippen LogP contribution in [0.5, 0.6) is 0 Å². The topological polar surface area (TPSA) is 87.6 Å². The first kappa shape index (κ1) is 31.7. The van der Waals surface area contributed by atoms with E-state index in [0.717, 1.165) is 40.3 Å². The predicted molar refractivity (Wildman–Crippen MR) is 180 cm³/mol. The van der Waals surface area contributed by atoms with Gasteiger partial charge in [0, 0.05) is 41.1 Å². The van der Waals surface area contributed by atoms with Gasteiger partial charge in [-0.05, 0) is 74.2 Å². The van der Waals surface area contributed by atoms with E-state index in [1.807, 2.05) is 42.5 Å². The summed E-state index contributed by atoms with van der Waals surface area (Å²) in [6.45, 7) is 11.6. The summed E-state index contributed by atoms with van der Waals surface area (Å²) in [5, 5.41) is 29.7. The summed E-state index contributed by atoms with van der Waals surface area (Å²) in [6.07, 6.45) is 8.41. The Kier molecular flexibility index (Phi) is 8.95. The third-order valence-electron chi connectivity index (χ3n) is 9.34. The third kappa shape index (κ3) is 6.01. The van der Waals surface area contributed by atoms with E-state index in [9.17, 15) is 20.3 Å². The number of aliphatic carboxylic acids is 1. The molecule has 2 N–H and O–H groups in total. The minimum absolute atomic E-state index is 0.00548. The van der Waals surface area contributed by atoms with Crippen LogP contribution in [0.1, 0.15) is 55.0 Å². The van der Waals surface area contributed by atoms with Gasteiger partial charge in [-0.3, -0.25) is 4.79 Å². The van der Waals surface area contributed by atoms with Crippen LogP contribution < -0.4 is 4.90 Å². The average Bonchev–Trinajstić information content (AvgIpc) is 3.36. The molecule has 0 aromatic heterocycles. The summed E-state index contributed by atoms with van der Waals surface area (Å²) in [4.78, 5) is 13.9. The monoisotopic (exact) mass is 600 g/mol. The lowest BCUT2D eigenvalue weighted by atomic mass is 9.73. The van der Waals surface area contributed by atoms with Crippen molar-refractivity contribution in [2.24, 2.45) is 0 Å². The Morgan fingerprint density at radius 2 is 1.76 bits per heavy atom. The Balaban J connectivity index is 1.60. The van der Waals surface area contributed by atoms with Crippen LogP contribution in [0.2, 0.25) is 0 Å². The van der Waals surface area contributed by atoms with Gasteiger partial charge in [0.15, 0.2) is 12.3 Å². The van der Waals surface area contributed by atoms with E-state index in [0.29, 0.717) is 18.7 Å². The maximum atomic E-state index is 11.7. The second kappa shape index (κ2) is 12.7. The van der Waals surface area contributed by atoms with E-state index < -0.39 is 11.4 Å². The zero-order chi connectivity index (χ0) is 32.4. The maximum absolute atomic E-state index is 11.7. The number of aliphatic hydroxyl groups excluding tert-OH is 1. The van der Waals surface area contributed by atoms with Crippen molar-refractivity contribution in [2.45, 2.75) is 58.3 Å². The van der Waals surface area contributed by atoms with Crippen molar-refractivity contribution in [1.82, 2.24) is 0 Å². The molecule has 5 rings (SSSR count). The van der Waals surface area contributed by atoms with Gasteiger partial charge in [0.25, 0.3) is 0 Å². The highest BCUT2D eigenvalue weighted by atomic mass is 16.4. The predicted octanol–water partition coefficient (Wildman–Crippen LogP) is 7.06. The van der Waals surface area contributed by atoms with Crippen molar-refractivity contribution in [1.29, 1.82) is 5.26 Å². The minimum Gasteiger partial charge on any atom is -0.481 e. The number of hydrogen-bond donors (Lipinski definition) is 2. The van der Waals surface area contributed by atoms with Gasteiger partial charge >= 0.3 is 5.97 Å². The number of aryl methyl sites for hydroxylation is 2. The molecular formula is C39H42N3O3+. The summed E-state index contributed by atoms with van der Waals surface area (Å²) in [7, 11) is 0. The molecule has 3 aromatic rings. The largest absolute Gasteiger partial charge is 0.481 e. The maximum Gasteiger partial charge on any atom is 0.309 e. The number of benzene rings is 3. The second-order valence-electron chi connectivity index (χ2n) is 12.8. The van der Waals surface area contributed by atoms with Crippen LogP contribution in [0.25, 0.3) is 0 Å². The van der Waals surface area contributed by atoms with Gasteiger partial charge in [-0.25, -0.2) is 0 Å². The van der Waals surface area contributed by atoms with Crippen molar-refractivity contribution in [2.75, 3.05) is 24.6 Å². The molecule has 0 bridgehead atoms. The molecule has 2 aliphatic rings. The van der Waals surface area contributed by atoms with E-state index in [-0.39, 0.29) is 18.4 Å². The summed E-state index contributed by atoms with van der Waals surface area (Å²) < 4.78 is 2.12. The van der Waals surface area contributed by atoms with Crippen molar-refractivity contribution in [3.63, 3.8) is 0 Å². The zero-order valence-corrected chi connectivity index (χ0v) is 26.8. The first-order valence-corrected chi connectivity index (χ1v) is 15.5. The lowest BCUT2D eigenvalue weighted by molar-refractivity contribution is -0.436. The molecule has 1 atom stereocenters. The highest BCUT2D eigenvalue weighted by Gasteiger charge is 2.48. The molecule has 45 heavy (non-hydrogen) atoms. The van der Waals surface area contributed by atoms with E-state index in [1.165, 1.54) is 16.7 Å². The zero-order valence-electron chi connectivity index (χ0n) is 26.8. The van der Waals surface area contributed by atoms with Crippen LogP contribution in [-0.4, -0.2) is 46.2 Å². The molecule has 0 saturated carbocycles. The van der Waals surface area contributed by atoms with Gasteiger partial charge in [-0.1, -0.05) is 67.9 Å². The molecule has 0 saturated heterocycles. The molecule has 2 aliphatic heterocycles. The van der Waals surface area contributed by atoms with Crippen molar-refractivity contribution < 1.29 is 19.6 Å². The molecule has 2 heterocycles. The van der Waals surface area contributed by atoms with E-state index in [1.54, 1.807) is 0 Å². The Morgan fingerprint density at radius 1 is 1.02 bits per heavy atom. The number of anilines is 1. The fraction of sp³-hybridized carbons (Fsp3) is 0.308. The Hall–Kier alpha value is -4.73. The molecule has 0 amide bonds. The van der Waals surface area contributed by atoms with Crippen LogP contribution in [0.4, 0.5) is 11.4 Å². The molecule has 230 valence electrons. The lowest BCUT2D eigenvalue weighted by Gasteiger charge is -2.26. The minimum atomic E-state index is -0.851. The number of carboxylic acids is 1. The van der Waals surface area contributed by atoms with Crippen molar-refractivity contribution in [3.05, 3.63) is 130 Å². The van der Waals surface area contributed by atoms with E-state index in [2.05, 4.69) is 98.7 Å².